The first-order chi connectivity index (χ1) is 10.5. The van der Waals surface area contributed by atoms with E-state index in [9.17, 15) is 9.59 Å². The minimum atomic E-state index is -0.683. The maximum Gasteiger partial charge on any atom is 0.271 e. The summed E-state index contributed by atoms with van der Waals surface area (Å²) in [5, 5.41) is 10.9. The molecule has 0 aliphatic heterocycles. The van der Waals surface area contributed by atoms with E-state index in [1.807, 2.05) is 13.8 Å². The Labute approximate surface area is 135 Å². The molecule has 2 aromatic heterocycles. The summed E-state index contributed by atoms with van der Waals surface area (Å²) >= 11 is 3.30. The second-order valence-corrected chi connectivity index (χ2v) is 5.58. The van der Waals surface area contributed by atoms with Gasteiger partial charge in [0.05, 0.1) is 16.4 Å². The van der Waals surface area contributed by atoms with Gasteiger partial charge in [-0.3, -0.25) is 19.0 Å². The molecule has 0 bridgehead atoms. The van der Waals surface area contributed by atoms with E-state index >= 15 is 0 Å². The number of rotatable bonds is 6. The zero-order valence-electron chi connectivity index (χ0n) is 12.3. The van der Waals surface area contributed by atoms with Gasteiger partial charge >= 0.3 is 0 Å². The standard InChI is InChI=1S/C13H17BrN6O2/c1-3-10(20-6-8(14)5-16-20)13(22)17-9-7-19(4-2)18-11(9)12(15)21/h5-7,10H,3-4H2,1-2H3,(H2,15,21)(H,17,22). The van der Waals surface area contributed by atoms with Crippen molar-refractivity contribution in [2.24, 2.45) is 5.73 Å². The van der Waals surface area contributed by atoms with Crippen LogP contribution in [0.4, 0.5) is 5.69 Å². The highest BCUT2D eigenvalue weighted by molar-refractivity contribution is 9.10. The number of carbonyl (C=O) groups excluding carboxylic acids is 2. The van der Waals surface area contributed by atoms with E-state index in [1.165, 1.54) is 0 Å². The molecule has 9 heteroatoms. The van der Waals surface area contributed by atoms with Crippen molar-refractivity contribution in [3.63, 3.8) is 0 Å². The van der Waals surface area contributed by atoms with Gasteiger partial charge in [0.1, 0.15) is 6.04 Å². The van der Waals surface area contributed by atoms with Crippen LogP contribution in [0.3, 0.4) is 0 Å². The molecule has 0 radical (unpaired) electrons. The zero-order chi connectivity index (χ0) is 16.3. The summed E-state index contributed by atoms with van der Waals surface area (Å²) < 4.78 is 3.89. The quantitative estimate of drug-likeness (QED) is 0.805. The average Bonchev–Trinajstić information content (AvgIpc) is 3.06. The summed E-state index contributed by atoms with van der Waals surface area (Å²) in [6.07, 6.45) is 5.47. The van der Waals surface area contributed by atoms with Crippen LogP contribution in [0.1, 0.15) is 36.8 Å². The monoisotopic (exact) mass is 368 g/mol. The molecule has 0 aliphatic carbocycles. The molecule has 8 nitrogen and oxygen atoms in total. The predicted molar refractivity (Wildman–Crippen MR) is 84.3 cm³/mol. The van der Waals surface area contributed by atoms with Crippen LogP contribution in [0.25, 0.3) is 0 Å². The third-order valence-corrected chi connectivity index (χ3v) is 3.57. The molecule has 1 unspecified atom stereocenters. The molecule has 3 N–H and O–H groups in total. The molecule has 1 atom stereocenters. The van der Waals surface area contributed by atoms with E-state index in [4.69, 9.17) is 5.73 Å². The number of aromatic nitrogens is 4. The van der Waals surface area contributed by atoms with E-state index in [1.54, 1.807) is 28.0 Å². The number of nitrogens with one attached hydrogen (secondary N) is 1. The van der Waals surface area contributed by atoms with Crippen LogP contribution in [0.2, 0.25) is 0 Å². The van der Waals surface area contributed by atoms with Crippen LogP contribution in [-0.4, -0.2) is 31.4 Å². The molecule has 0 aromatic carbocycles. The van der Waals surface area contributed by atoms with Crippen molar-refractivity contribution in [2.45, 2.75) is 32.9 Å². The van der Waals surface area contributed by atoms with Gasteiger partial charge < -0.3 is 11.1 Å². The fourth-order valence-electron chi connectivity index (χ4n) is 2.05. The molecule has 0 aliphatic rings. The average molecular weight is 369 g/mol. The molecular formula is C13H17BrN6O2. The predicted octanol–water partition coefficient (Wildman–Crippen LogP) is 1.55. The van der Waals surface area contributed by atoms with Crippen molar-refractivity contribution in [1.29, 1.82) is 0 Å². The number of anilines is 1. The molecule has 2 aromatic rings. The van der Waals surface area contributed by atoms with Crippen LogP contribution in [0.15, 0.2) is 23.1 Å². The second kappa shape index (κ2) is 6.73. The molecule has 118 valence electrons. The summed E-state index contributed by atoms with van der Waals surface area (Å²) in [5.74, 6) is -0.964. The Morgan fingerprint density at radius 1 is 1.41 bits per heavy atom. The fourth-order valence-corrected chi connectivity index (χ4v) is 2.35. The molecule has 2 rings (SSSR count). The second-order valence-electron chi connectivity index (χ2n) is 4.66. The van der Waals surface area contributed by atoms with Gasteiger partial charge in [0.25, 0.3) is 5.91 Å². The van der Waals surface area contributed by atoms with Crippen molar-refractivity contribution in [1.82, 2.24) is 19.6 Å². The van der Waals surface area contributed by atoms with Crippen LogP contribution in [-0.2, 0) is 11.3 Å². The van der Waals surface area contributed by atoms with Gasteiger partial charge in [0, 0.05) is 18.9 Å². The first kappa shape index (κ1) is 16.2. The van der Waals surface area contributed by atoms with Crippen LogP contribution >= 0.6 is 15.9 Å². The van der Waals surface area contributed by atoms with Gasteiger partial charge in [-0.1, -0.05) is 6.92 Å². The van der Waals surface area contributed by atoms with E-state index in [0.29, 0.717) is 18.7 Å². The lowest BCUT2D eigenvalue weighted by molar-refractivity contribution is -0.119. The van der Waals surface area contributed by atoms with Crippen molar-refractivity contribution in [3.8, 4) is 0 Å². The van der Waals surface area contributed by atoms with Gasteiger partial charge in [0.2, 0.25) is 5.91 Å². The molecule has 2 heterocycles. The highest BCUT2D eigenvalue weighted by atomic mass is 79.9. The first-order valence-electron chi connectivity index (χ1n) is 6.84. The minimum absolute atomic E-state index is 0.0479. The number of aryl methyl sites for hydroxylation is 1. The number of primary amides is 1. The topological polar surface area (TPSA) is 108 Å². The fraction of sp³-hybridized carbons (Fsp3) is 0.385. The Morgan fingerprint density at radius 2 is 2.14 bits per heavy atom. The van der Waals surface area contributed by atoms with E-state index in [0.717, 1.165) is 4.47 Å². The molecule has 0 spiro atoms. The minimum Gasteiger partial charge on any atom is -0.364 e. The Kier molecular flexibility index (Phi) is 4.96. The summed E-state index contributed by atoms with van der Waals surface area (Å²) in [6.45, 7) is 4.32. The maximum absolute atomic E-state index is 12.4. The largest absolute Gasteiger partial charge is 0.364 e. The van der Waals surface area contributed by atoms with E-state index in [-0.39, 0.29) is 11.6 Å². The highest BCUT2D eigenvalue weighted by Crippen LogP contribution is 2.19. The zero-order valence-corrected chi connectivity index (χ0v) is 13.9. The number of amides is 2. The van der Waals surface area contributed by atoms with Gasteiger partial charge in [-0.2, -0.15) is 10.2 Å². The number of halogens is 1. The van der Waals surface area contributed by atoms with Gasteiger partial charge in [0.15, 0.2) is 5.69 Å². The van der Waals surface area contributed by atoms with Crippen LogP contribution in [0.5, 0.6) is 0 Å². The Balaban J connectivity index is 2.23. The summed E-state index contributed by atoms with van der Waals surface area (Å²) in [6, 6.07) is -0.489. The highest BCUT2D eigenvalue weighted by Gasteiger charge is 2.23. The van der Waals surface area contributed by atoms with Crippen molar-refractivity contribution in [2.75, 3.05) is 5.32 Å². The number of nitrogens with two attached hydrogens (primary N) is 1. The molecule has 22 heavy (non-hydrogen) atoms. The lowest BCUT2D eigenvalue weighted by atomic mass is 10.2. The van der Waals surface area contributed by atoms with Crippen molar-refractivity contribution in [3.05, 3.63) is 28.8 Å². The SMILES string of the molecule is CCC(C(=O)Nc1cn(CC)nc1C(N)=O)n1cc(Br)cn1. The molecule has 0 fully saturated rings. The normalized spacial score (nSPS) is 12.1. The molecular weight excluding hydrogens is 352 g/mol. The van der Waals surface area contributed by atoms with Crippen molar-refractivity contribution >= 4 is 33.4 Å². The third-order valence-electron chi connectivity index (χ3n) is 3.16. The summed E-state index contributed by atoms with van der Waals surface area (Å²) in [5.41, 5.74) is 5.65. The summed E-state index contributed by atoms with van der Waals surface area (Å²) in [4.78, 5) is 23.9. The smallest absolute Gasteiger partial charge is 0.271 e. The Hall–Kier alpha value is -2.16. The first-order valence-corrected chi connectivity index (χ1v) is 7.63. The molecule has 0 saturated carbocycles. The van der Waals surface area contributed by atoms with Crippen molar-refractivity contribution < 1.29 is 9.59 Å². The van der Waals surface area contributed by atoms with Gasteiger partial charge in [-0.15, -0.1) is 0 Å². The number of nitrogens with zero attached hydrogens (tertiary/aromatic N) is 4. The third kappa shape index (κ3) is 3.35. The Morgan fingerprint density at radius 3 is 2.64 bits per heavy atom. The number of hydrogen-bond acceptors (Lipinski definition) is 4. The number of hydrogen-bond donors (Lipinski definition) is 2. The van der Waals surface area contributed by atoms with E-state index < -0.39 is 11.9 Å². The van der Waals surface area contributed by atoms with Crippen LogP contribution in [0, 0.1) is 0 Å². The lowest BCUT2D eigenvalue weighted by Crippen LogP contribution is -2.27. The van der Waals surface area contributed by atoms with Gasteiger partial charge in [-0.25, -0.2) is 0 Å². The van der Waals surface area contributed by atoms with E-state index in [2.05, 4.69) is 31.4 Å². The lowest BCUT2D eigenvalue weighted by Gasteiger charge is -2.15. The molecule has 2 amide bonds. The van der Waals surface area contributed by atoms with Gasteiger partial charge in [-0.05, 0) is 29.3 Å². The summed E-state index contributed by atoms with van der Waals surface area (Å²) in [7, 11) is 0. The maximum atomic E-state index is 12.4. The van der Waals surface area contributed by atoms with Crippen LogP contribution < -0.4 is 11.1 Å². The molecule has 0 saturated heterocycles. The Bertz CT molecular complexity index is 693. The number of carbonyl (C=O) groups is 2.